The largest absolute Gasteiger partial charge is 0.363 e. The number of hydrogen-bond acceptors (Lipinski definition) is 6. The second kappa shape index (κ2) is 6.92. The lowest BCUT2D eigenvalue weighted by Gasteiger charge is -2.17. The van der Waals surface area contributed by atoms with E-state index in [4.69, 9.17) is 4.52 Å². The molecular weight excluding hydrogens is 369 g/mol. The lowest BCUT2D eigenvalue weighted by atomic mass is 10.1. The van der Waals surface area contributed by atoms with E-state index in [1.807, 2.05) is 24.3 Å². The molecule has 1 N–H and O–H groups in total. The molecule has 0 spiro atoms. The molecule has 0 unspecified atom stereocenters. The van der Waals surface area contributed by atoms with Crippen molar-refractivity contribution in [3.63, 3.8) is 0 Å². The zero-order valence-corrected chi connectivity index (χ0v) is 16.2. The molecule has 146 valence electrons. The monoisotopic (exact) mass is 389 g/mol. The van der Waals surface area contributed by atoms with E-state index < -0.39 is 0 Å². The summed E-state index contributed by atoms with van der Waals surface area (Å²) in [6.07, 6.45) is 2.29. The van der Waals surface area contributed by atoms with Crippen LogP contribution < -0.4 is 5.32 Å². The Hall–Kier alpha value is -3.35. The maximum atomic E-state index is 13.6. The van der Waals surface area contributed by atoms with Gasteiger partial charge >= 0.3 is 0 Å². The Morgan fingerprint density at radius 1 is 1.07 bits per heavy atom. The van der Waals surface area contributed by atoms with E-state index in [2.05, 4.69) is 32.3 Å². The van der Waals surface area contributed by atoms with Crippen LogP contribution in [-0.4, -0.2) is 20.1 Å². The van der Waals surface area contributed by atoms with Gasteiger partial charge in [-0.05, 0) is 56.5 Å². The highest BCUT2D eigenvalue weighted by atomic mass is 19.1. The Balaban J connectivity index is 1.38. The van der Waals surface area contributed by atoms with E-state index in [1.165, 1.54) is 12.1 Å². The van der Waals surface area contributed by atoms with Crippen LogP contribution in [-0.2, 0) is 0 Å². The first-order chi connectivity index (χ1) is 14.1. The fraction of sp³-hybridized carbons (Fsp3) is 0.273. The molecule has 2 aromatic carbocycles. The molecule has 7 heteroatoms. The van der Waals surface area contributed by atoms with Crippen molar-refractivity contribution in [1.29, 1.82) is 0 Å². The van der Waals surface area contributed by atoms with Crippen LogP contribution in [0.2, 0.25) is 0 Å². The third-order valence-corrected chi connectivity index (χ3v) is 5.17. The van der Waals surface area contributed by atoms with Crippen molar-refractivity contribution < 1.29 is 8.91 Å². The van der Waals surface area contributed by atoms with Crippen molar-refractivity contribution in [1.82, 2.24) is 20.1 Å². The molecular formula is C22H20FN5O. The van der Waals surface area contributed by atoms with Crippen molar-refractivity contribution in [2.75, 3.05) is 5.32 Å². The lowest BCUT2D eigenvalue weighted by molar-refractivity contribution is 0.422. The first kappa shape index (κ1) is 17.7. The maximum absolute atomic E-state index is 13.6. The summed E-state index contributed by atoms with van der Waals surface area (Å²) in [5, 5.41) is 8.29. The van der Waals surface area contributed by atoms with E-state index in [0.717, 1.165) is 35.2 Å². The molecule has 0 aliphatic heterocycles. The Morgan fingerprint density at radius 3 is 2.62 bits per heavy atom. The number of rotatable bonds is 5. The van der Waals surface area contributed by atoms with Gasteiger partial charge in [-0.15, -0.1) is 0 Å². The summed E-state index contributed by atoms with van der Waals surface area (Å²) in [7, 11) is 0. The van der Waals surface area contributed by atoms with E-state index in [9.17, 15) is 4.39 Å². The van der Waals surface area contributed by atoms with E-state index >= 15 is 0 Å². The zero-order chi connectivity index (χ0) is 20.0. The fourth-order valence-corrected chi connectivity index (χ4v) is 3.39. The van der Waals surface area contributed by atoms with Gasteiger partial charge in [0.25, 0.3) is 5.89 Å². The number of nitrogens with one attached hydrogen (secondary N) is 1. The van der Waals surface area contributed by atoms with Gasteiger partial charge in [0.2, 0.25) is 0 Å². The molecule has 6 nitrogen and oxygen atoms in total. The molecule has 1 atom stereocenters. The molecule has 0 saturated heterocycles. The highest BCUT2D eigenvalue weighted by Gasteiger charge is 2.29. The number of fused-ring (bicyclic) bond motifs is 1. The second-order valence-electron chi connectivity index (χ2n) is 7.50. The van der Waals surface area contributed by atoms with Gasteiger partial charge in [0.05, 0.1) is 5.52 Å². The molecule has 1 aliphatic rings. The number of nitrogens with zero attached hydrogens (tertiary/aromatic N) is 4. The van der Waals surface area contributed by atoms with Gasteiger partial charge < -0.3 is 9.84 Å². The molecule has 5 rings (SSSR count). The fourth-order valence-electron chi connectivity index (χ4n) is 3.39. The van der Waals surface area contributed by atoms with Crippen LogP contribution in [0.1, 0.15) is 48.9 Å². The minimum atomic E-state index is -0.309. The van der Waals surface area contributed by atoms with Crippen LogP contribution in [0.5, 0.6) is 0 Å². The average molecular weight is 389 g/mol. The van der Waals surface area contributed by atoms with Gasteiger partial charge in [0, 0.05) is 29.0 Å². The van der Waals surface area contributed by atoms with Gasteiger partial charge in [-0.3, -0.25) is 0 Å². The van der Waals surface area contributed by atoms with Crippen molar-refractivity contribution in [3.8, 4) is 11.5 Å². The Labute approximate surface area is 167 Å². The van der Waals surface area contributed by atoms with Crippen molar-refractivity contribution in [2.24, 2.45) is 0 Å². The summed E-state index contributed by atoms with van der Waals surface area (Å²) in [6.45, 7) is 3.86. The van der Waals surface area contributed by atoms with Crippen molar-refractivity contribution in [3.05, 3.63) is 65.5 Å². The molecule has 0 bridgehead atoms. The third-order valence-electron chi connectivity index (χ3n) is 5.17. The van der Waals surface area contributed by atoms with Gasteiger partial charge in [-0.25, -0.2) is 14.4 Å². The highest BCUT2D eigenvalue weighted by Crippen LogP contribution is 2.39. The summed E-state index contributed by atoms with van der Waals surface area (Å²) in [6, 6.07) is 12.6. The Kier molecular flexibility index (Phi) is 4.23. The topological polar surface area (TPSA) is 76.7 Å². The van der Waals surface area contributed by atoms with E-state index in [0.29, 0.717) is 29.0 Å². The standard InChI is InChI=1S/C22H20FN5O/c1-12(24-21-18-10-9-17(23)11-19(18)25-13(2)26-21)14-3-7-16(8-4-14)22-27-20(28-29-22)15-5-6-15/h3-4,7-12,15H,5-6H2,1-2H3,(H,24,25,26)/t12-/m0/s1. The first-order valence-corrected chi connectivity index (χ1v) is 9.71. The molecule has 0 amide bonds. The summed E-state index contributed by atoms with van der Waals surface area (Å²) in [4.78, 5) is 13.3. The number of halogens is 1. The predicted molar refractivity (Wildman–Crippen MR) is 108 cm³/mol. The summed E-state index contributed by atoms with van der Waals surface area (Å²) >= 11 is 0. The summed E-state index contributed by atoms with van der Waals surface area (Å²) < 4.78 is 19.0. The Morgan fingerprint density at radius 2 is 1.86 bits per heavy atom. The van der Waals surface area contributed by atoms with Crippen LogP contribution in [0.25, 0.3) is 22.4 Å². The second-order valence-corrected chi connectivity index (χ2v) is 7.50. The minimum Gasteiger partial charge on any atom is -0.363 e. The molecule has 1 saturated carbocycles. The normalized spacial score (nSPS) is 14.9. The van der Waals surface area contributed by atoms with Crippen LogP contribution in [0.4, 0.5) is 10.2 Å². The summed E-state index contributed by atoms with van der Waals surface area (Å²) in [5.41, 5.74) is 2.58. The number of anilines is 1. The Bertz CT molecular complexity index is 1180. The molecule has 4 aromatic rings. The minimum absolute atomic E-state index is 0.00341. The molecule has 2 aromatic heterocycles. The smallest absolute Gasteiger partial charge is 0.257 e. The van der Waals surface area contributed by atoms with Crippen molar-refractivity contribution >= 4 is 16.7 Å². The molecule has 1 fully saturated rings. The molecule has 29 heavy (non-hydrogen) atoms. The van der Waals surface area contributed by atoms with Gasteiger partial charge in [-0.2, -0.15) is 4.98 Å². The van der Waals surface area contributed by atoms with E-state index in [1.54, 1.807) is 13.0 Å². The van der Waals surface area contributed by atoms with Gasteiger partial charge in [-0.1, -0.05) is 17.3 Å². The maximum Gasteiger partial charge on any atom is 0.257 e. The SMILES string of the molecule is Cc1nc(N[C@@H](C)c2ccc(-c3nc(C4CC4)no3)cc2)c2ccc(F)cc2n1. The van der Waals surface area contributed by atoms with Crippen molar-refractivity contribution in [2.45, 2.75) is 38.6 Å². The zero-order valence-electron chi connectivity index (χ0n) is 16.2. The van der Waals surface area contributed by atoms with Gasteiger partial charge in [0.15, 0.2) is 5.82 Å². The van der Waals surface area contributed by atoms with Crippen LogP contribution >= 0.6 is 0 Å². The molecule has 1 aliphatic carbocycles. The number of benzene rings is 2. The molecule has 2 heterocycles. The highest BCUT2D eigenvalue weighted by molar-refractivity contribution is 5.89. The summed E-state index contributed by atoms with van der Waals surface area (Å²) in [5.74, 6) is 2.80. The van der Waals surface area contributed by atoms with Crippen LogP contribution in [0.3, 0.4) is 0 Å². The number of aryl methyl sites for hydroxylation is 1. The predicted octanol–water partition coefficient (Wildman–Crippen LogP) is 5.18. The van der Waals surface area contributed by atoms with Crippen LogP contribution in [0.15, 0.2) is 47.0 Å². The average Bonchev–Trinajstić information content (AvgIpc) is 3.44. The number of aromatic nitrogens is 4. The van der Waals surface area contributed by atoms with Crippen LogP contribution in [0, 0.1) is 12.7 Å². The number of hydrogen-bond donors (Lipinski definition) is 1. The van der Waals surface area contributed by atoms with E-state index in [-0.39, 0.29) is 11.9 Å². The molecule has 0 radical (unpaired) electrons. The quantitative estimate of drug-likeness (QED) is 0.507. The first-order valence-electron chi connectivity index (χ1n) is 9.71. The van der Waals surface area contributed by atoms with Gasteiger partial charge in [0.1, 0.15) is 17.5 Å². The lowest BCUT2D eigenvalue weighted by Crippen LogP contribution is -2.09. The third kappa shape index (κ3) is 3.55.